The number of benzene rings is 1. The first-order chi connectivity index (χ1) is 8.29. The van der Waals surface area contributed by atoms with Crippen LogP contribution in [0.15, 0.2) is 24.3 Å². The van der Waals surface area contributed by atoms with Crippen molar-refractivity contribution in [1.82, 2.24) is 15.2 Å². The lowest BCUT2D eigenvalue weighted by atomic mass is 10.3. The van der Waals surface area contributed by atoms with E-state index in [0.29, 0.717) is 18.0 Å². The first kappa shape index (κ1) is 11.4. The summed E-state index contributed by atoms with van der Waals surface area (Å²) in [5.41, 5.74) is 6.39. The van der Waals surface area contributed by atoms with Crippen molar-refractivity contribution in [2.45, 2.75) is 26.4 Å². The Kier molecular flexibility index (Phi) is 3.59. The van der Waals surface area contributed by atoms with Gasteiger partial charge in [0.15, 0.2) is 11.6 Å². The molecule has 2 rings (SSSR count). The number of nitrogens with zero attached hydrogens (tertiary/aromatic N) is 2. The molecule has 1 aromatic heterocycles. The standard InChI is InChI=1S/C12H16N4O/c1-2-5-11-14-12(16-15-11)8-17-10-7-4-3-6-9(10)13/h3-4,6-7H,2,5,8,13H2,1H3,(H,14,15,16). The summed E-state index contributed by atoms with van der Waals surface area (Å²) in [5, 5.41) is 6.95. The second kappa shape index (κ2) is 5.34. The second-order valence-corrected chi connectivity index (χ2v) is 3.77. The monoisotopic (exact) mass is 232 g/mol. The predicted molar refractivity (Wildman–Crippen MR) is 65.6 cm³/mol. The van der Waals surface area contributed by atoms with E-state index in [1.807, 2.05) is 18.2 Å². The van der Waals surface area contributed by atoms with Gasteiger partial charge in [0.05, 0.1) is 5.69 Å². The van der Waals surface area contributed by atoms with Crippen molar-refractivity contribution < 1.29 is 4.74 Å². The van der Waals surface area contributed by atoms with Crippen molar-refractivity contribution in [3.8, 4) is 5.75 Å². The maximum absolute atomic E-state index is 5.77. The van der Waals surface area contributed by atoms with Crippen LogP contribution in [-0.2, 0) is 13.0 Å². The molecule has 0 saturated carbocycles. The molecule has 0 unspecified atom stereocenters. The molecule has 0 aliphatic heterocycles. The molecule has 2 aromatic rings. The third-order valence-corrected chi connectivity index (χ3v) is 2.34. The molecule has 0 fully saturated rings. The number of aromatic amines is 1. The normalized spacial score (nSPS) is 10.4. The van der Waals surface area contributed by atoms with Gasteiger partial charge in [-0.05, 0) is 18.6 Å². The Morgan fingerprint density at radius 1 is 1.35 bits per heavy atom. The largest absolute Gasteiger partial charge is 0.483 e. The van der Waals surface area contributed by atoms with E-state index in [9.17, 15) is 0 Å². The number of hydrogen-bond acceptors (Lipinski definition) is 4. The minimum Gasteiger partial charge on any atom is -0.483 e. The molecule has 17 heavy (non-hydrogen) atoms. The van der Waals surface area contributed by atoms with E-state index in [1.165, 1.54) is 0 Å². The minimum atomic E-state index is 0.352. The zero-order valence-electron chi connectivity index (χ0n) is 9.81. The molecule has 1 heterocycles. The maximum atomic E-state index is 5.77. The van der Waals surface area contributed by atoms with E-state index in [2.05, 4.69) is 22.1 Å². The van der Waals surface area contributed by atoms with Gasteiger partial charge >= 0.3 is 0 Å². The lowest BCUT2D eigenvalue weighted by Gasteiger charge is -2.05. The van der Waals surface area contributed by atoms with E-state index >= 15 is 0 Å². The molecule has 0 radical (unpaired) electrons. The summed E-state index contributed by atoms with van der Waals surface area (Å²) in [5.74, 6) is 2.21. The number of para-hydroxylation sites is 2. The Labute approximate surface area is 100 Å². The quantitative estimate of drug-likeness (QED) is 0.772. The number of anilines is 1. The topological polar surface area (TPSA) is 76.8 Å². The van der Waals surface area contributed by atoms with Crippen LogP contribution in [0.25, 0.3) is 0 Å². The van der Waals surface area contributed by atoms with Crippen molar-refractivity contribution in [2.24, 2.45) is 0 Å². The van der Waals surface area contributed by atoms with Gasteiger partial charge in [-0.2, -0.15) is 5.10 Å². The van der Waals surface area contributed by atoms with Crippen molar-refractivity contribution in [3.05, 3.63) is 35.9 Å². The lowest BCUT2D eigenvalue weighted by Crippen LogP contribution is -2.00. The van der Waals surface area contributed by atoms with Crippen molar-refractivity contribution >= 4 is 5.69 Å². The number of aromatic nitrogens is 3. The second-order valence-electron chi connectivity index (χ2n) is 3.77. The van der Waals surface area contributed by atoms with Crippen molar-refractivity contribution in [2.75, 3.05) is 5.73 Å². The molecule has 0 aliphatic carbocycles. The first-order valence-electron chi connectivity index (χ1n) is 5.67. The molecule has 0 amide bonds. The Hall–Kier alpha value is -2.04. The molecular weight excluding hydrogens is 216 g/mol. The first-order valence-corrected chi connectivity index (χ1v) is 5.67. The predicted octanol–water partition coefficient (Wildman–Crippen LogP) is 1.92. The highest BCUT2D eigenvalue weighted by Crippen LogP contribution is 2.20. The van der Waals surface area contributed by atoms with Crippen LogP contribution in [-0.4, -0.2) is 15.2 Å². The number of nitrogens with one attached hydrogen (secondary N) is 1. The fourth-order valence-electron chi connectivity index (χ4n) is 1.49. The fraction of sp³-hybridized carbons (Fsp3) is 0.333. The summed E-state index contributed by atoms with van der Waals surface area (Å²) < 4.78 is 5.56. The number of rotatable bonds is 5. The molecule has 5 nitrogen and oxygen atoms in total. The van der Waals surface area contributed by atoms with Crippen LogP contribution >= 0.6 is 0 Å². The molecule has 0 atom stereocenters. The van der Waals surface area contributed by atoms with E-state index < -0.39 is 0 Å². The number of aryl methyl sites for hydroxylation is 1. The van der Waals surface area contributed by atoms with Crippen LogP contribution in [0.1, 0.15) is 25.0 Å². The third kappa shape index (κ3) is 2.96. The Morgan fingerprint density at radius 2 is 2.18 bits per heavy atom. The molecule has 5 heteroatoms. The van der Waals surface area contributed by atoms with Crippen molar-refractivity contribution in [1.29, 1.82) is 0 Å². The van der Waals surface area contributed by atoms with Gasteiger partial charge in [0.25, 0.3) is 0 Å². The Morgan fingerprint density at radius 3 is 2.94 bits per heavy atom. The average Bonchev–Trinajstić information content (AvgIpc) is 2.76. The summed E-state index contributed by atoms with van der Waals surface area (Å²) in [4.78, 5) is 4.31. The van der Waals surface area contributed by atoms with Gasteiger partial charge in [0.2, 0.25) is 0 Å². The summed E-state index contributed by atoms with van der Waals surface area (Å²) in [6.07, 6.45) is 1.91. The molecule has 1 aromatic carbocycles. The van der Waals surface area contributed by atoms with Crippen LogP contribution < -0.4 is 10.5 Å². The average molecular weight is 232 g/mol. The highest BCUT2D eigenvalue weighted by Gasteiger charge is 2.04. The van der Waals surface area contributed by atoms with Gasteiger partial charge in [-0.3, -0.25) is 5.10 Å². The van der Waals surface area contributed by atoms with Gasteiger partial charge in [0.1, 0.15) is 12.4 Å². The molecule has 0 bridgehead atoms. The lowest BCUT2D eigenvalue weighted by molar-refractivity contribution is 0.298. The smallest absolute Gasteiger partial charge is 0.162 e. The minimum absolute atomic E-state index is 0.352. The summed E-state index contributed by atoms with van der Waals surface area (Å²) >= 11 is 0. The number of H-pyrrole nitrogens is 1. The van der Waals surface area contributed by atoms with Crippen LogP contribution in [0.3, 0.4) is 0 Å². The van der Waals surface area contributed by atoms with Crippen LogP contribution in [0.4, 0.5) is 5.69 Å². The fourth-order valence-corrected chi connectivity index (χ4v) is 1.49. The molecule has 0 saturated heterocycles. The summed E-state index contributed by atoms with van der Waals surface area (Å²) in [6, 6.07) is 7.39. The van der Waals surface area contributed by atoms with Crippen molar-refractivity contribution in [3.63, 3.8) is 0 Å². The number of ether oxygens (including phenoxy) is 1. The van der Waals surface area contributed by atoms with Gasteiger partial charge in [-0.15, -0.1) is 0 Å². The maximum Gasteiger partial charge on any atom is 0.162 e. The zero-order chi connectivity index (χ0) is 12.1. The van der Waals surface area contributed by atoms with E-state index in [1.54, 1.807) is 6.07 Å². The van der Waals surface area contributed by atoms with Crippen LogP contribution in [0.2, 0.25) is 0 Å². The van der Waals surface area contributed by atoms with Crippen LogP contribution in [0.5, 0.6) is 5.75 Å². The van der Waals surface area contributed by atoms with E-state index in [-0.39, 0.29) is 0 Å². The molecular formula is C12H16N4O. The van der Waals surface area contributed by atoms with E-state index in [0.717, 1.165) is 24.5 Å². The Balaban J connectivity index is 1.95. The highest BCUT2D eigenvalue weighted by molar-refractivity contribution is 5.51. The highest BCUT2D eigenvalue weighted by atomic mass is 16.5. The summed E-state index contributed by atoms with van der Waals surface area (Å²) in [6.45, 7) is 2.45. The van der Waals surface area contributed by atoms with Gasteiger partial charge < -0.3 is 10.5 Å². The Bertz CT molecular complexity index is 481. The zero-order valence-corrected chi connectivity index (χ0v) is 9.81. The van der Waals surface area contributed by atoms with Gasteiger partial charge in [-0.1, -0.05) is 19.1 Å². The van der Waals surface area contributed by atoms with E-state index in [4.69, 9.17) is 10.5 Å². The number of nitrogens with two attached hydrogens (primary N) is 1. The van der Waals surface area contributed by atoms with Gasteiger partial charge in [0, 0.05) is 6.42 Å². The summed E-state index contributed by atoms with van der Waals surface area (Å²) in [7, 11) is 0. The van der Waals surface area contributed by atoms with Crippen LogP contribution in [0, 0.1) is 0 Å². The van der Waals surface area contributed by atoms with Gasteiger partial charge in [-0.25, -0.2) is 4.98 Å². The third-order valence-electron chi connectivity index (χ3n) is 2.34. The molecule has 0 aliphatic rings. The molecule has 0 spiro atoms. The number of nitrogen functional groups attached to an aromatic ring is 1. The molecule has 90 valence electrons. The molecule has 3 N–H and O–H groups in total. The SMILES string of the molecule is CCCc1n[nH]c(COc2ccccc2N)n1. The number of hydrogen-bond donors (Lipinski definition) is 2.